The number of methoxy groups -OCH3 is 1. The number of nitro groups is 1. The van der Waals surface area contributed by atoms with E-state index in [1.807, 2.05) is 0 Å². The second kappa shape index (κ2) is 23.9. The number of anilines is 1. The van der Waals surface area contributed by atoms with Crippen LogP contribution in [0, 0.1) is 16.0 Å². The van der Waals surface area contributed by atoms with Gasteiger partial charge in [0, 0.05) is 49.5 Å². The largest absolute Gasteiger partial charge is 0.514 e. The van der Waals surface area contributed by atoms with Crippen molar-refractivity contribution in [1.82, 2.24) is 21.3 Å². The third-order valence-corrected chi connectivity index (χ3v) is 7.65. The zero-order chi connectivity index (χ0) is 40.8. The van der Waals surface area contributed by atoms with Gasteiger partial charge in [-0.15, -0.1) is 0 Å². The van der Waals surface area contributed by atoms with Crippen molar-refractivity contribution in [2.45, 2.75) is 71.1 Å². The van der Waals surface area contributed by atoms with Crippen molar-refractivity contribution in [3.8, 4) is 5.75 Å². The molecule has 0 radical (unpaired) electrons. The third kappa shape index (κ3) is 18.2. The SMILES string of the molecule is COC(=O)/C=C\C(=O)NCCCCCC(=O)N[C@H](C(=O)N[C@@H](CCCNC(N)=O)C(=O)Nc1ccc(COC(=O)Oc2ccc([N+](=O)[O-])cc2)cc1)C(C)C. The first kappa shape index (κ1) is 44.6. The van der Waals surface area contributed by atoms with E-state index in [-0.39, 0.29) is 55.7 Å². The van der Waals surface area contributed by atoms with Crippen LogP contribution in [0.5, 0.6) is 5.75 Å². The zero-order valence-corrected chi connectivity index (χ0v) is 30.8. The Morgan fingerprint density at radius 1 is 0.836 bits per heavy atom. The quantitative estimate of drug-likeness (QED) is 0.0252. The number of nitrogens with two attached hydrogens (primary N) is 1. The first-order valence-electron chi connectivity index (χ1n) is 17.3. The topological polar surface area (TPSA) is 276 Å². The smallest absolute Gasteiger partial charge is 0.466 e. The molecule has 0 saturated heterocycles. The van der Waals surface area contributed by atoms with E-state index in [0.29, 0.717) is 37.1 Å². The standard InChI is InChI=1S/C36H47N7O12/c1-23(2)32(42-30(45)9-5-4-6-20-38-29(44)18-19-31(46)53-3)34(48)41-28(8-7-21-39-35(37)49)33(47)40-25-12-10-24(11-13-25)22-54-36(50)55-27-16-14-26(15-17-27)43(51)52/h10-19,23,28,32H,4-9,20-22H2,1-3H3,(H,38,44)(H,40,47)(H,41,48)(H,42,45)(H3,37,39,49)/b19-18-/t28-,32-/m0/s1. The summed E-state index contributed by atoms with van der Waals surface area (Å²) in [5.41, 5.74) is 5.88. The molecule has 0 fully saturated rings. The Labute approximate surface area is 317 Å². The molecule has 2 atom stereocenters. The summed E-state index contributed by atoms with van der Waals surface area (Å²) in [5, 5.41) is 24.0. The van der Waals surface area contributed by atoms with Gasteiger partial charge in [0.05, 0.1) is 12.0 Å². The summed E-state index contributed by atoms with van der Waals surface area (Å²) in [4.78, 5) is 95.7. The third-order valence-electron chi connectivity index (χ3n) is 7.65. The molecule has 19 heteroatoms. The van der Waals surface area contributed by atoms with Crippen molar-refractivity contribution < 1.29 is 52.7 Å². The Hall–Kier alpha value is -6.53. The lowest BCUT2D eigenvalue weighted by atomic mass is 10.0. The molecular weight excluding hydrogens is 722 g/mol. The number of rotatable bonds is 22. The maximum Gasteiger partial charge on any atom is 0.514 e. The summed E-state index contributed by atoms with van der Waals surface area (Å²) in [6, 6.07) is 8.40. The summed E-state index contributed by atoms with van der Waals surface area (Å²) in [5.74, 6) is -2.89. The van der Waals surface area contributed by atoms with Crippen LogP contribution in [0.15, 0.2) is 60.7 Å². The van der Waals surface area contributed by atoms with Gasteiger partial charge < -0.3 is 46.5 Å². The van der Waals surface area contributed by atoms with Crippen molar-refractivity contribution in [1.29, 1.82) is 0 Å². The van der Waals surface area contributed by atoms with E-state index in [9.17, 15) is 43.7 Å². The Balaban J connectivity index is 1.91. The number of non-ortho nitro benzene ring substituents is 1. The molecule has 2 aromatic rings. The van der Waals surface area contributed by atoms with E-state index in [1.165, 1.54) is 31.4 Å². The molecule has 0 unspecified atom stereocenters. The highest BCUT2D eigenvalue weighted by Gasteiger charge is 2.29. The number of nitro benzene ring substituents is 1. The highest BCUT2D eigenvalue weighted by Crippen LogP contribution is 2.18. The summed E-state index contributed by atoms with van der Waals surface area (Å²) in [6.45, 7) is 3.80. The molecule has 2 aromatic carbocycles. The summed E-state index contributed by atoms with van der Waals surface area (Å²) < 4.78 is 14.5. The highest BCUT2D eigenvalue weighted by molar-refractivity contribution is 5.98. The van der Waals surface area contributed by atoms with Crippen LogP contribution in [0.1, 0.15) is 57.9 Å². The van der Waals surface area contributed by atoms with E-state index >= 15 is 0 Å². The van der Waals surface area contributed by atoms with Gasteiger partial charge in [0.1, 0.15) is 24.4 Å². The minimum Gasteiger partial charge on any atom is -0.466 e. The van der Waals surface area contributed by atoms with Crippen LogP contribution in [0.25, 0.3) is 0 Å². The van der Waals surface area contributed by atoms with Crippen LogP contribution in [0.2, 0.25) is 0 Å². The lowest BCUT2D eigenvalue weighted by Crippen LogP contribution is -2.54. The second-order valence-corrected chi connectivity index (χ2v) is 12.3. The van der Waals surface area contributed by atoms with Gasteiger partial charge in [-0.3, -0.25) is 29.3 Å². The first-order chi connectivity index (χ1) is 26.2. The van der Waals surface area contributed by atoms with Gasteiger partial charge in [0.15, 0.2) is 0 Å². The molecule has 0 heterocycles. The van der Waals surface area contributed by atoms with Crippen molar-refractivity contribution in [3.63, 3.8) is 0 Å². The van der Waals surface area contributed by atoms with Crippen LogP contribution in [-0.2, 0) is 40.1 Å². The number of amides is 6. The zero-order valence-electron chi connectivity index (χ0n) is 30.8. The summed E-state index contributed by atoms with van der Waals surface area (Å²) in [7, 11) is 1.20. The van der Waals surface area contributed by atoms with Crippen molar-refractivity contribution in [2.24, 2.45) is 11.7 Å². The Morgan fingerprint density at radius 2 is 1.51 bits per heavy atom. The van der Waals surface area contributed by atoms with Crippen LogP contribution in [0.4, 0.5) is 21.0 Å². The van der Waals surface area contributed by atoms with Gasteiger partial charge in [0.2, 0.25) is 23.6 Å². The van der Waals surface area contributed by atoms with Crippen molar-refractivity contribution in [2.75, 3.05) is 25.5 Å². The van der Waals surface area contributed by atoms with Crippen LogP contribution >= 0.6 is 0 Å². The number of esters is 1. The Morgan fingerprint density at radius 3 is 2.13 bits per heavy atom. The van der Waals surface area contributed by atoms with E-state index in [0.717, 1.165) is 12.2 Å². The highest BCUT2D eigenvalue weighted by atomic mass is 16.7. The predicted molar refractivity (Wildman–Crippen MR) is 197 cm³/mol. The van der Waals surface area contributed by atoms with E-state index in [1.54, 1.807) is 38.1 Å². The number of hydrogen-bond acceptors (Lipinski definition) is 12. The number of urea groups is 1. The minimum atomic E-state index is -1.06. The molecule has 2 rings (SSSR count). The number of nitrogens with one attached hydrogen (secondary N) is 5. The molecule has 0 aliphatic carbocycles. The Bertz CT molecular complexity index is 1660. The summed E-state index contributed by atoms with van der Waals surface area (Å²) >= 11 is 0. The molecule has 0 aliphatic rings. The molecule has 0 saturated carbocycles. The number of nitrogens with zero attached hydrogens (tertiary/aromatic N) is 1. The number of hydrogen-bond donors (Lipinski definition) is 6. The number of benzene rings is 2. The molecule has 19 nitrogen and oxygen atoms in total. The first-order valence-corrected chi connectivity index (χ1v) is 17.3. The number of carbonyl (C=O) groups is 7. The molecule has 6 amide bonds. The van der Waals surface area contributed by atoms with Gasteiger partial charge in [-0.05, 0) is 61.4 Å². The predicted octanol–water partition coefficient (Wildman–Crippen LogP) is 2.73. The molecular formula is C36H47N7O12. The van der Waals surface area contributed by atoms with Crippen LogP contribution in [0.3, 0.4) is 0 Å². The van der Waals surface area contributed by atoms with Crippen LogP contribution in [-0.4, -0.2) is 79.0 Å². The molecule has 0 aliphatic heterocycles. The number of carbonyl (C=O) groups excluding carboxylic acids is 7. The normalized spacial score (nSPS) is 11.8. The van der Waals surface area contributed by atoms with Gasteiger partial charge in [-0.2, -0.15) is 0 Å². The fourth-order valence-corrected chi connectivity index (χ4v) is 4.72. The fourth-order valence-electron chi connectivity index (χ4n) is 4.72. The monoisotopic (exact) mass is 769 g/mol. The molecule has 7 N–H and O–H groups in total. The molecule has 298 valence electrons. The van der Waals surface area contributed by atoms with Crippen molar-refractivity contribution >= 4 is 53.2 Å². The molecule has 0 aromatic heterocycles. The maximum atomic E-state index is 13.4. The number of ether oxygens (including phenoxy) is 3. The van der Waals surface area contributed by atoms with Gasteiger partial charge >= 0.3 is 18.2 Å². The number of primary amides is 1. The minimum absolute atomic E-state index is 0.0589. The van der Waals surface area contributed by atoms with Crippen LogP contribution < -0.4 is 37.1 Å². The lowest BCUT2D eigenvalue weighted by Gasteiger charge is -2.25. The Kier molecular flexibility index (Phi) is 19.4. The molecule has 0 bridgehead atoms. The summed E-state index contributed by atoms with van der Waals surface area (Å²) in [6.07, 6.45) is 3.25. The van der Waals surface area contributed by atoms with Gasteiger partial charge in [0.25, 0.3) is 5.69 Å². The van der Waals surface area contributed by atoms with Gasteiger partial charge in [-0.1, -0.05) is 32.4 Å². The number of unbranched alkanes of at least 4 members (excludes halogenated alkanes) is 2. The molecule has 0 spiro atoms. The average molecular weight is 770 g/mol. The van der Waals surface area contributed by atoms with Crippen molar-refractivity contribution in [3.05, 3.63) is 76.4 Å². The average Bonchev–Trinajstić information content (AvgIpc) is 3.14. The van der Waals surface area contributed by atoms with Gasteiger partial charge in [-0.25, -0.2) is 14.4 Å². The van der Waals surface area contributed by atoms with E-state index < -0.39 is 52.9 Å². The van der Waals surface area contributed by atoms with E-state index in [4.69, 9.17) is 15.2 Å². The second-order valence-electron chi connectivity index (χ2n) is 12.3. The molecule has 55 heavy (non-hydrogen) atoms. The fraction of sp³-hybridized carbons (Fsp3) is 0.417. The lowest BCUT2D eigenvalue weighted by molar-refractivity contribution is -0.384. The maximum absolute atomic E-state index is 13.4. The van der Waals surface area contributed by atoms with E-state index in [2.05, 4.69) is 31.3 Å².